The molecule has 0 fully saturated rings. The number of hydrogen-bond donors (Lipinski definition) is 1. The number of rotatable bonds is 5. The van der Waals surface area contributed by atoms with Crippen LogP contribution < -0.4 is 5.32 Å². The maximum Gasteiger partial charge on any atom is 0.337 e. The molecule has 0 aliphatic carbocycles. The summed E-state index contributed by atoms with van der Waals surface area (Å²) in [6.45, 7) is 2.01. The van der Waals surface area contributed by atoms with Crippen LogP contribution in [0, 0.1) is 6.92 Å². The van der Waals surface area contributed by atoms with E-state index in [1.165, 1.54) is 13.3 Å². The summed E-state index contributed by atoms with van der Waals surface area (Å²) in [5, 5.41) is 2.81. The first-order valence-electron chi connectivity index (χ1n) is 9.89. The average molecular weight is 424 g/mol. The van der Waals surface area contributed by atoms with Crippen LogP contribution in [0.5, 0.6) is 0 Å². The van der Waals surface area contributed by atoms with Crippen LogP contribution >= 0.6 is 0 Å². The Morgan fingerprint density at radius 3 is 2.41 bits per heavy atom. The van der Waals surface area contributed by atoms with Crippen LogP contribution in [0.3, 0.4) is 0 Å². The van der Waals surface area contributed by atoms with Crippen LogP contribution in [0.25, 0.3) is 22.6 Å². The zero-order valence-corrected chi connectivity index (χ0v) is 17.6. The first kappa shape index (κ1) is 20.9. The highest BCUT2D eigenvalue weighted by Gasteiger charge is 2.18. The minimum Gasteiger partial charge on any atom is -0.465 e. The molecule has 4 aromatic rings. The van der Waals surface area contributed by atoms with Gasteiger partial charge in [-0.25, -0.2) is 14.8 Å². The number of anilines is 1. The van der Waals surface area contributed by atoms with Gasteiger partial charge in [0, 0.05) is 35.4 Å². The Labute approximate surface area is 185 Å². The van der Waals surface area contributed by atoms with Crippen LogP contribution in [0.1, 0.15) is 26.3 Å². The van der Waals surface area contributed by atoms with Gasteiger partial charge in [-0.2, -0.15) is 0 Å². The second-order valence-electron chi connectivity index (χ2n) is 7.08. The molecular formula is C25H20N4O3. The third-order valence-electron chi connectivity index (χ3n) is 4.84. The van der Waals surface area contributed by atoms with Gasteiger partial charge in [-0.15, -0.1) is 0 Å². The van der Waals surface area contributed by atoms with E-state index < -0.39 is 11.9 Å². The van der Waals surface area contributed by atoms with Crippen molar-refractivity contribution in [2.45, 2.75) is 6.92 Å². The van der Waals surface area contributed by atoms with Crippen LogP contribution in [0.4, 0.5) is 5.69 Å². The van der Waals surface area contributed by atoms with Crippen molar-refractivity contribution in [2.75, 3.05) is 12.4 Å². The molecule has 4 rings (SSSR count). The van der Waals surface area contributed by atoms with Crippen molar-refractivity contribution in [1.82, 2.24) is 15.0 Å². The van der Waals surface area contributed by atoms with E-state index >= 15 is 0 Å². The molecule has 0 saturated carbocycles. The summed E-state index contributed by atoms with van der Waals surface area (Å²) in [6, 6.07) is 18.0. The highest BCUT2D eigenvalue weighted by molar-refractivity contribution is 6.08. The van der Waals surface area contributed by atoms with Crippen molar-refractivity contribution in [3.63, 3.8) is 0 Å². The summed E-state index contributed by atoms with van der Waals surface area (Å²) >= 11 is 0. The molecule has 2 heterocycles. The monoisotopic (exact) mass is 424 g/mol. The standard InChI is InChI=1S/C25H20N4O3/c1-16-6-8-18(9-7-16)23-27-15-21(22(29-23)17-10-12-26-13-11-17)24(30)28-20-5-3-4-19(14-20)25(31)32-2/h3-15H,1-2H3,(H,28,30). The predicted octanol–water partition coefficient (Wildman–Crippen LogP) is 4.55. The maximum atomic E-state index is 13.1. The van der Waals surface area contributed by atoms with Gasteiger partial charge in [0.2, 0.25) is 0 Å². The third kappa shape index (κ3) is 4.52. The zero-order valence-electron chi connectivity index (χ0n) is 17.6. The lowest BCUT2D eigenvalue weighted by molar-refractivity contribution is 0.0600. The summed E-state index contributed by atoms with van der Waals surface area (Å²) in [6.07, 6.45) is 4.80. The molecule has 7 nitrogen and oxygen atoms in total. The highest BCUT2D eigenvalue weighted by Crippen LogP contribution is 2.25. The molecule has 7 heteroatoms. The number of benzene rings is 2. The summed E-state index contributed by atoms with van der Waals surface area (Å²) in [5.41, 5.74) is 4.31. The van der Waals surface area contributed by atoms with Gasteiger partial charge in [0.05, 0.1) is 23.9 Å². The molecule has 0 bridgehead atoms. The van der Waals surface area contributed by atoms with Crippen LogP contribution in [-0.2, 0) is 4.74 Å². The Bertz CT molecular complexity index is 1270. The average Bonchev–Trinajstić information content (AvgIpc) is 2.84. The van der Waals surface area contributed by atoms with E-state index in [9.17, 15) is 9.59 Å². The summed E-state index contributed by atoms with van der Waals surface area (Å²) in [4.78, 5) is 38.1. The fraction of sp³-hybridized carbons (Fsp3) is 0.0800. The Morgan fingerprint density at radius 1 is 0.938 bits per heavy atom. The lowest BCUT2D eigenvalue weighted by Crippen LogP contribution is -2.15. The van der Waals surface area contributed by atoms with Crippen molar-refractivity contribution in [3.8, 4) is 22.6 Å². The first-order chi connectivity index (χ1) is 15.5. The Kier molecular flexibility index (Phi) is 5.98. The van der Waals surface area contributed by atoms with Crippen molar-refractivity contribution in [1.29, 1.82) is 0 Å². The Balaban J connectivity index is 1.72. The Morgan fingerprint density at radius 2 is 1.69 bits per heavy atom. The predicted molar refractivity (Wildman–Crippen MR) is 121 cm³/mol. The molecule has 0 atom stereocenters. The largest absolute Gasteiger partial charge is 0.465 e. The molecular weight excluding hydrogens is 404 g/mol. The molecule has 0 spiro atoms. The zero-order chi connectivity index (χ0) is 22.5. The lowest BCUT2D eigenvalue weighted by Gasteiger charge is -2.12. The first-order valence-corrected chi connectivity index (χ1v) is 9.89. The molecule has 158 valence electrons. The minimum absolute atomic E-state index is 0.301. The number of amides is 1. The number of hydrogen-bond acceptors (Lipinski definition) is 6. The highest BCUT2D eigenvalue weighted by atomic mass is 16.5. The molecule has 0 radical (unpaired) electrons. The lowest BCUT2D eigenvalue weighted by atomic mass is 10.1. The maximum absolute atomic E-state index is 13.1. The van der Waals surface area contributed by atoms with Gasteiger partial charge < -0.3 is 10.1 Å². The smallest absolute Gasteiger partial charge is 0.337 e. The number of esters is 1. The van der Waals surface area contributed by atoms with Crippen molar-refractivity contribution >= 4 is 17.6 Å². The van der Waals surface area contributed by atoms with Gasteiger partial charge >= 0.3 is 5.97 Å². The van der Waals surface area contributed by atoms with Crippen molar-refractivity contribution in [3.05, 3.63) is 95.9 Å². The van der Waals surface area contributed by atoms with E-state index in [0.29, 0.717) is 28.3 Å². The van der Waals surface area contributed by atoms with Gasteiger partial charge in [-0.3, -0.25) is 9.78 Å². The van der Waals surface area contributed by atoms with E-state index in [1.54, 1.807) is 48.8 Å². The molecule has 2 aromatic carbocycles. The molecule has 0 saturated heterocycles. The fourth-order valence-corrected chi connectivity index (χ4v) is 3.16. The van der Waals surface area contributed by atoms with E-state index in [1.807, 2.05) is 31.2 Å². The number of ether oxygens (including phenoxy) is 1. The number of nitrogens with one attached hydrogen (secondary N) is 1. The number of aryl methyl sites for hydroxylation is 1. The molecule has 1 amide bonds. The Hall–Kier alpha value is -4.39. The second-order valence-corrected chi connectivity index (χ2v) is 7.08. The molecule has 0 aliphatic heterocycles. The minimum atomic E-state index is -0.482. The molecule has 32 heavy (non-hydrogen) atoms. The van der Waals surface area contributed by atoms with E-state index in [2.05, 4.69) is 15.3 Å². The van der Waals surface area contributed by atoms with Crippen molar-refractivity contribution in [2.24, 2.45) is 0 Å². The van der Waals surface area contributed by atoms with E-state index in [4.69, 9.17) is 9.72 Å². The number of carbonyl (C=O) groups is 2. The normalized spacial score (nSPS) is 10.4. The fourth-order valence-electron chi connectivity index (χ4n) is 3.16. The topological polar surface area (TPSA) is 94.1 Å². The number of methoxy groups -OCH3 is 1. The molecule has 2 aromatic heterocycles. The van der Waals surface area contributed by atoms with E-state index in [-0.39, 0.29) is 0 Å². The number of nitrogens with zero attached hydrogens (tertiary/aromatic N) is 3. The van der Waals surface area contributed by atoms with Gasteiger partial charge in [-0.05, 0) is 37.3 Å². The van der Waals surface area contributed by atoms with Gasteiger partial charge in [0.25, 0.3) is 5.91 Å². The molecule has 0 unspecified atom stereocenters. The molecule has 0 aliphatic rings. The van der Waals surface area contributed by atoms with Crippen LogP contribution in [0.2, 0.25) is 0 Å². The van der Waals surface area contributed by atoms with Gasteiger partial charge in [-0.1, -0.05) is 35.9 Å². The van der Waals surface area contributed by atoms with Gasteiger partial charge in [0.1, 0.15) is 0 Å². The second kappa shape index (κ2) is 9.18. The van der Waals surface area contributed by atoms with Gasteiger partial charge in [0.15, 0.2) is 5.82 Å². The number of pyridine rings is 1. The van der Waals surface area contributed by atoms with Crippen molar-refractivity contribution < 1.29 is 14.3 Å². The summed E-state index contributed by atoms with van der Waals surface area (Å²) < 4.78 is 4.74. The number of carbonyl (C=O) groups excluding carboxylic acids is 2. The van der Waals surface area contributed by atoms with E-state index in [0.717, 1.165) is 16.7 Å². The quantitative estimate of drug-likeness (QED) is 0.472. The molecule has 1 N–H and O–H groups in total. The summed E-state index contributed by atoms with van der Waals surface area (Å²) in [7, 11) is 1.31. The summed E-state index contributed by atoms with van der Waals surface area (Å²) in [5.74, 6) is -0.361. The third-order valence-corrected chi connectivity index (χ3v) is 4.84. The number of aromatic nitrogens is 3. The SMILES string of the molecule is COC(=O)c1cccc(NC(=O)c2cnc(-c3ccc(C)cc3)nc2-c2ccncc2)c1. The van der Waals surface area contributed by atoms with Crippen LogP contribution in [0.15, 0.2) is 79.3 Å². The van der Waals surface area contributed by atoms with Crippen LogP contribution in [-0.4, -0.2) is 33.9 Å².